The fourth-order valence-electron chi connectivity index (χ4n) is 3.07. The molecule has 3 amide bonds. The van der Waals surface area contributed by atoms with Gasteiger partial charge in [0.1, 0.15) is 5.82 Å². The van der Waals surface area contributed by atoms with Crippen LogP contribution in [0.2, 0.25) is 15.1 Å². The van der Waals surface area contributed by atoms with Gasteiger partial charge in [-0.1, -0.05) is 46.9 Å². The molecule has 1 N–H and O–H groups in total. The van der Waals surface area contributed by atoms with E-state index in [1.54, 1.807) is 24.3 Å². The predicted molar refractivity (Wildman–Crippen MR) is 113 cm³/mol. The average molecular weight is 464 g/mol. The third kappa shape index (κ3) is 3.43. The Balaban J connectivity index is 1.61. The molecule has 3 aromatic carbocycles. The number of hydrogen-bond donors (Lipinski definition) is 1. The number of carbonyl (C=O) groups excluding carboxylic acids is 3. The summed E-state index contributed by atoms with van der Waals surface area (Å²) < 4.78 is 13.7. The number of fused-ring (bicyclic) bond motifs is 1. The smallest absolute Gasteiger partial charge is 0.266 e. The Kier molecular flexibility index (Phi) is 5.24. The number of nitrogens with one attached hydrogen (secondary N) is 1. The highest BCUT2D eigenvalue weighted by Crippen LogP contribution is 2.35. The Morgan fingerprint density at radius 1 is 0.833 bits per heavy atom. The Morgan fingerprint density at radius 2 is 1.47 bits per heavy atom. The van der Waals surface area contributed by atoms with Gasteiger partial charge >= 0.3 is 0 Å². The molecule has 0 aliphatic carbocycles. The van der Waals surface area contributed by atoms with Crippen LogP contribution in [0.5, 0.6) is 0 Å². The van der Waals surface area contributed by atoms with E-state index < -0.39 is 23.5 Å². The van der Waals surface area contributed by atoms with Crippen LogP contribution in [-0.4, -0.2) is 17.7 Å². The van der Waals surface area contributed by atoms with Crippen LogP contribution in [0.3, 0.4) is 0 Å². The molecule has 150 valence electrons. The Morgan fingerprint density at radius 3 is 2.07 bits per heavy atom. The highest BCUT2D eigenvalue weighted by molar-refractivity contribution is 6.40. The molecule has 0 spiro atoms. The second kappa shape index (κ2) is 7.72. The van der Waals surface area contributed by atoms with Crippen molar-refractivity contribution in [2.75, 3.05) is 10.2 Å². The van der Waals surface area contributed by atoms with Crippen LogP contribution in [0.15, 0.2) is 54.6 Å². The molecule has 3 aromatic rings. The molecule has 1 aliphatic heterocycles. The number of nitrogens with zero attached hydrogens (tertiary/aromatic N) is 1. The normalized spacial score (nSPS) is 12.9. The van der Waals surface area contributed by atoms with Crippen molar-refractivity contribution in [2.24, 2.45) is 0 Å². The SMILES string of the molecule is O=C(Nc1ccc(N2C(=O)c3ccccc3C2=O)c(Cl)c1)c1cc(F)c(Cl)cc1Cl. The van der Waals surface area contributed by atoms with Gasteiger partial charge < -0.3 is 5.32 Å². The van der Waals surface area contributed by atoms with Gasteiger partial charge in [-0.2, -0.15) is 0 Å². The minimum absolute atomic E-state index is 0.0207. The van der Waals surface area contributed by atoms with E-state index in [9.17, 15) is 18.8 Å². The van der Waals surface area contributed by atoms with E-state index in [0.717, 1.165) is 17.0 Å². The second-order valence-electron chi connectivity index (χ2n) is 6.36. The molecule has 0 saturated heterocycles. The number of rotatable bonds is 3. The van der Waals surface area contributed by atoms with E-state index in [1.807, 2.05) is 0 Å². The molecule has 1 aliphatic rings. The molecule has 0 radical (unpaired) electrons. The zero-order chi connectivity index (χ0) is 21.6. The van der Waals surface area contributed by atoms with Crippen molar-refractivity contribution in [1.82, 2.24) is 0 Å². The van der Waals surface area contributed by atoms with Gasteiger partial charge in [0, 0.05) is 5.69 Å². The predicted octanol–water partition coefficient (Wildman–Crippen LogP) is 5.84. The summed E-state index contributed by atoms with van der Waals surface area (Å²) >= 11 is 17.9. The lowest BCUT2D eigenvalue weighted by molar-refractivity contribution is 0.0924. The van der Waals surface area contributed by atoms with Gasteiger partial charge in [-0.15, -0.1) is 0 Å². The lowest BCUT2D eigenvalue weighted by atomic mass is 10.1. The largest absolute Gasteiger partial charge is 0.322 e. The van der Waals surface area contributed by atoms with Gasteiger partial charge in [0.2, 0.25) is 0 Å². The maximum absolute atomic E-state index is 13.7. The van der Waals surface area contributed by atoms with Crippen LogP contribution >= 0.6 is 34.8 Å². The molecule has 5 nitrogen and oxygen atoms in total. The first-order valence-corrected chi connectivity index (χ1v) is 9.64. The fraction of sp³-hybridized carbons (Fsp3) is 0. The summed E-state index contributed by atoms with van der Waals surface area (Å²) in [6.07, 6.45) is 0. The summed E-state index contributed by atoms with van der Waals surface area (Å²) in [5.74, 6) is -2.44. The number of hydrogen-bond acceptors (Lipinski definition) is 3. The lowest BCUT2D eigenvalue weighted by Crippen LogP contribution is -2.29. The summed E-state index contributed by atoms with van der Waals surface area (Å²) in [4.78, 5) is 38.7. The summed E-state index contributed by atoms with van der Waals surface area (Å²) in [6, 6.07) is 12.8. The number of amides is 3. The summed E-state index contributed by atoms with van der Waals surface area (Å²) in [5, 5.41) is 2.38. The van der Waals surface area contributed by atoms with Crippen LogP contribution in [0.25, 0.3) is 0 Å². The summed E-state index contributed by atoms with van der Waals surface area (Å²) in [5.41, 5.74) is 0.901. The van der Waals surface area contributed by atoms with Gasteiger partial charge in [-0.25, -0.2) is 9.29 Å². The first kappa shape index (κ1) is 20.3. The highest BCUT2D eigenvalue weighted by atomic mass is 35.5. The van der Waals surface area contributed by atoms with Crippen LogP contribution < -0.4 is 10.2 Å². The third-order valence-corrected chi connectivity index (χ3v) is 5.40. The van der Waals surface area contributed by atoms with E-state index in [2.05, 4.69) is 5.32 Å². The molecule has 9 heteroatoms. The molecular weight excluding hydrogens is 454 g/mol. The van der Waals surface area contributed by atoms with Crippen LogP contribution in [-0.2, 0) is 0 Å². The van der Waals surface area contributed by atoms with Crippen molar-refractivity contribution in [3.05, 3.63) is 92.2 Å². The average Bonchev–Trinajstić information content (AvgIpc) is 2.96. The first-order valence-electron chi connectivity index (χ1n) is 8.51. The molecule has 0 bridgehead atoms. The van der Waals surface area contributed by atoms with Crippen LogP contribution in [0, 0.1) is 5.82 Å². The van der Waals surface area contributed by atoms with E-state index in [0.29, 0.717) is 0 Å². The van der Waals surface area contributed by atoms with Gasteiger partial charge in [-0.3, -0.25) is 14.4 Å². The van der Waals surface area contributed by atoms with Gasteiger partial charge in [0.15, 0.2) is 0 Å². The molecule has 0 saturated carbocycles. The maximum Gasteiger partial charge on any atom is 0.266 e. The van der Waals surface area contributed by atoms with Crippen molar-refractivity contribution in [2.45, 2.75) is 0 Å². The molecule has 0 aromatic heterocycles. The van der Waals surface area contributed by atoms with E-state index in [-0.39, 0.29) is 43.1 Å². The van der Waals surface area contributed by atoms with Gasteiger partial charge in [0.05, 0.1) is 37.4 Å². The molecule has 30 heavy (non-hydrogen) atoms. The van der Waals surface area contributed by atoms with Crippen LogP contribution in [0.4, 0.5) is 15.8 Å². The first-order chi connectivity index (χ1) is 14.3. The standard InChI is InChI=1S/C21H10Cl3FN2O3/c22-14-9-15(23)17(25)8-13(14)19(28)26-10-5-6-18(16(24)7-10)27-20(29)11-3-1-2-4-12(11)21(27)30/h1-9H,(H,26,28). The minimum atomic E-state index is -0.787. The number of imide groups is 1. The molecule has 0 fully saturated rings. The summed E-state index contributed by atoms with van der Waals surface area (Å²) in [6.45, 7) is 0. The lowest BCUT2D eigenvalue weighted by Gasteiger charge is -2.16. The number of carbonyl (C=O) groups is 3. The van der Waals surface area contributed by atoms with Crippen molar-refractivity contribution in [1.29, 1.82) is 0 Å². The Hall–Kier alpha value is -2.93. The maximum atomic E-state index is 13.7. The fourth-order valence-corrected chi connectivity index (χ4v) is 3.80. The molecule has 0 atom stereocenters. The molecular formula is C21H10Cl3FN2O3. The van der Waals surface area contributed by atoms with Gasteiger partial charge in [-0.05, 0) is 42.5 Å². The topological polar surface area (TPSA) is 66.5 Å². The summed E-state index contributed by atoms with van der Waals surface area (Å²) in [7, 11) is 0. The Labute approximate surface area is 185 Å². The second-order valence-corrected chi connectivity index (χ2v) is 7.58. The zero-order valence-corrected chi connectivity index (χ0v) is 17.1. The van der Waals surface area contributed by atoms with E-state index in [1.165, 1.54) is 18.2 Å². The third-order valence-electron chi connectivity index (χ3n) is 4.50. The quantitative estimate of drug-likeness (QED) is 0.392. The zero-order valence-electron chi connectivity index (χ0n) is 14.9. The Bertz CT molecular complexity index is 1210. The van der Waals surface area contributed by atoms with Crippen molar-refractivity contribution < 1.29 is 18.8 Å². The number of halogens is 4. The minimum Gasteiger partial charge on any atom is -0.322 e. The number of benzene rings is 3. The molecule has 4 rings (SSSR count). The number of anilines is 2. The van der Waals surface area contributed by atoms with E-state index in [4.69, 9.17) is 34.8 Å². The highest BCUT2D eigenvalue weighted by Gasteiger charge is 2.37. The van der Waals surface area contributed by atoms with Crippen molar-refractivity contribution in [3.63, 3.8) is 0 Å². The van der Waals surface area contributed by atoms with Crippen LogP contribution in [0.1, 0.15) is 31.1 Å². The van der Waals surface area contributed by atoms with Gasteiger partial charge in [0.25, 0.3) is 17.7 Å². The van der Waals surface area contributed by atoms with Crippen molar-refractivity contribution in [3.8, 4) is 0 Å². The van der Waals surface area contributed by atoms with Crippen molar-refractivity contribution >= 4 is 63.9 Å². The molecule has 1 heterocycles. The monoisotopic (exact) mass is 462 g/mol. The van der Waals surface area contributed by atoms with E-state index >= 15 is 0 Å². The molecule has 0 unspecified atom stereocenters.